The van der Waals surface area contributed by atoms with E-state index in [-0.39, 0.29) is 5.91 Å². The first-order valence-corrected chi connectivity index (χ1v) is 6.07. The molecule has 0 aliphatic rings. The Morgan fingerprint density at radius 1 is 1.11 bits per heavy atom. The van der Waals surface area contributed by atoms with Gasteiger partial charge in [0, 0.05) is 17.4 Å². The topological polar surface area (TPSA) is 68.0 Å². The summed E-state index contributed by atoms with van der Waals surface area (Å²) in [6.45, 7) is 5.75. The minimum Gasteiger partial charge on any atom is -0.398 e. The highest BCUT2D eigenvalue weighted by Gasteiger charge is 2.11. The van der Waals surface area contributed by atoms with Gasteiger partial charge < -0.3 is 11.1 Å². The van der Waals surface area contributed by atoms with Crippen molar-refractivity contribution in [2.24, 2.45) is 0 Å². The van der Waals surface area contributed by atoms with Crippen LogP contribution in [0.4, 0.5) is 11.4 Å². The van der Waals surface area contributed by atoms with Gasteiger partial charge in [0.15, 0.2) is 0 Å². The second-order valence-electron chi connectivity index (χ2n) is 4.73. The van der Waals surface area contributed by atoms with Crippen molar-refractivity contribution in [3.8, 4) is 0 Å². The van der Waals surface area contributed by atoms with E-state index in [0.717, 1.165) is 16.7 Å². The summed E-state index contributed by atoms with van der Waals surface area (Å²) >= 11 is 0. The fraction of sp³-hybridized carbons (Fsp3) is 0.200. The number of carbonyl (C=O) groups is 1. The molecule has 0 radical (unpaired) electrons. The van der Waals surface area contributed by atoms with E-state index in [0.29, 0.717) is 16.9 Å². The predicted octanol–water partition coefficient (Wildman–Crippen LogP) is 2.84. The van der Waals surface area contributed by atoms with Crippen LogP contribution in [0.2, 0.25) is 0 Å². The Labute approximate surface area is 112 Å². The molecule has 0 saturated heterocycles. The fourth-order valence-electron chi connectivity index (χ4n) is 1.94. The van der Waals surface area contributed by atoms with Crippen molar-refractivity contribution >= 4 is 17.3 Å². The fourth-order valence-corrected chi connectivity index (χ4v) is 1.94. The molecule has 1 aromatic heterocycles. The lowest BCUT2D eigenvalue weighted by atomic mass is 10.0. The molecule has 2 rings (SSSR count). The third-order valence-corrected chi connectivity index (χ3v) is 2.99. The molecule has 98 valence electrons. The van der Waals surface area contributed by atoms with Crippen molar-refractivity contribution in [2.45, 2.75) is 20.8 Å². The lowest BCUT2D eigenvalue weighted by Crippen LogP contribution is -2.14. The van der Waals surface area contributed by atoms with Gasteiger partial charge in [0.25, 0.3) is 5.91 Å². The number of hydrogen-bond donors (Lipinski definition) is 2. The molecular formula is C15H17N3O. The number of anilines is 2. The molecule has 0 aliphatic carbocycles. The highest BCUT2D eigenvalue weighted by Crippen LogP contribution is 2.19. The van der Waals surface area contributed by atoms with Crippen molar-refractivity contribution in [2.75, 3.05) is 11.1 Å². The van der Waals surface area contributed by atoms with Crippen LogP contribution in [0.1, 0.15) is 27.0 Å². The van der Waals surface area contributed by atoms with E-state index in [2.05, 4.69) is 10.3 Å². The molecule has 4 heteroatoms. The van der Waals surface area contributed by atoms with Crippen LogP contribution in [0.3, 0.4) is 0 Å². The zero-order chi connectivity index (χ0) is 14.0. The number of aryl methyl sites for hydroxylation is 3. The number of nitrogens with zero attached hydrogens (tertiary/aromatic N) is 1. The molecular weight excluding hydrogens is 238 g/mol. The number of rotatable bonds is 2. The molecule has 0 saturated carbocycles. The average Bonchev–Trinajstić information content (AvgIpc) is 2.33. The minimum absolute atomic E-state index is 0.170. The standard InChI is InChI=1S/C15H17N3O/c1-9-4-12(8-17-7-9)18-15(19)13-6-14(16)11(3)5-10(13)2/h4-8H,16H2,1-3H3,(H,18,19). The van der Waals surface area contributed by atoms with E-state index >= 15 is 0 Å². The summed E-state index contributed by atoms with van der Waals surface area (Å²) < 4.78 is 0. The molecule has 0 atom stereocenters. The van der Waals surface area contributed by atoms with E-state index in [1.54, 1.807) is 18.5 Å². The first kappa shape index (κ1) is 13.1. The van der Waals surface area contributed by atoms with Crippen LogP contribution in [0, 0.1) is 20.8 Å². The number of nitrogens with one attached hydrogen (secondary N) is 1. The van der Waals surface area contributed by atoms with E-state index in [9.17, 15) is 4.79 Å². The Morgan fingerprint density at radius 3 is 2.53 bits per heavy atom. The number of amides is 1. The monoisotopic (exact) mass is 255 g/mol. The second-order valence-corrected chi connectivity index (χ2v) is 4.73. The molecule has 2 aromatic rings. The maximum Gasteiger partial charge on any atom is 0.256 e. The minimum atomic E-state index is -0.170. The third kappa shape index (κ3) is 2.91. The highest BCUT2D eigenvalue weighted by molar-refractivity contribution is 6.05. The SMILES string of the molecule is Cc1cncc(NC(=O)c2cc(N)c(C)cc2C)c1. The molecule has 19 heavy (non-hydrogen) atoms. The van der Waals surface area contributed by atoms with Crippen LogP contribution >= 0.6 is 0 Å². The van der Waals surface area contributed by atoms with Crippen LogP contribution < -0.4 is 11.1 Å². The molecule has 0 bridgehead atoms. The van der Waals surface area contributed by atoms with Gasteiger partial charge in [-0.25, -0.2) is 0 Å². The van der Waals surface area contributed by atoms with Crippen LogP contribution in [-0.2, 0) is 0 Å². The molecule has 0 fully saturated rings. The summed E-state index contributed by atoms with van der Waals surface area (Å²) in [6.07, 6.45) is 3.36. The normalized spacial score (nSPS) is 10.3. The lowest BCUT2D eigenvalue weighted by molar-refractivity contribution is 0.102. The molecule has 0 spiro atoms. The summed E-state index contributed by atoms with van der Waals surface area (Å²) in [5.41, 5.74) is 10.6. The third-order valence-electron chi connectivity index (χ3n) is 2.99. The second kappa shape index (κ2) is 5.10. The number of aromatic nitrogens is 1. The van der Waals surface area contributed by atoms with Gasteiger partial charge in [-0.1, -0.05) is 6.07 Å². The quantitative estimate of drug-likeness (QED) is 0.811. The molecule has 3 N–H and O–H groups in total. The smallest absolute Gasteiger partial charge is 0.256 e. The van der Waals surface area contributed by atoms with E-state index in [1.165, 1.54) is 0 Å². The Morgan fingerprint density at radius 2 is 1.84 bits per heavy atom. The summed E-state index contributed by atoms with van der Waals surface area (Å²) in [6, 6.07) is 5.50. The van der Waals surface area contributed by atoms with Gasteiger partial charge in [-0.15, -0.1) is 0 Å². The molecule has 1 aromatic carbocycles. The van der Waals surface area contributed by atoms with Crippen molar-refractivity contribution in [1.82, 2.24) is 4.98 Å². The van der Waals surface area contributed by atoms with Gasteiger partial charge in [-0.2, -0.15) is 0 Å². The van der Waals surface area contributed by atoms with Crippen molar-refractivity contribution in [3.05, 3.63) is 52.8 Å². The predicted molar refractivity (Wildman–Crippen MR) is 77.3 cm³/mol. The van der Waals surface area contributed by atoms with Crippen LogP contribution in [0.25, 0.3) is 0 Å². The van der Waals surface area contributed by atoms with Crippen LogP contribution in [0.15, 0.2) is 30.6 Å². The molecule has 4 nitrogen and oxygen atoms in total. The average molecular weight is 255 g/mol. The van der Waals surface area contributed by atoms with Gasteiger partial charge in [0.1, 0.15) is 0 Å². The Balaban J connectivity index is 2.28. The summed E-state index contributed by atoms with van der Waals surface area (Å²) in [5.74, 6) is -0.170. The van der Waals surface area contributed by atoms with Crippen LogP contribution in [-0.4, -0.2) is 10.9 Å². The number of benzene rings is 1. The Bertz CT molecular complexity index is 635. The number of hydrogen-bond acceptors (Lipinski definition) is 3. The van der Waals surface area contributed by atoms with E-state index < -0.39 is 0 Å². The first-order chi connectivity index (χ1) is 8.97. The summed E-state index contributed by atoms with van der Waals surface area (Å²) in [7, 11) is 0. The number of carbonyl (C=O) groups excluding carboxylic acids is 1. The largest absolute Gasteiger partial charge is 0.398 e. The number of nitrogen functional groups attached to an aromatic ring is 1. The molecule has 0 unspecified atom stereocenters. The van der Waals surface area contributed by atoms with Gasteiger partial charge >= 0.3 is 0 Å². The van der Waals surface area contributed by atoms with Crippen molar-refractivity contribution in [1.29, 1.82) is 0 Å². The number of nitrogens with two attached hydrogens (primary N) is 1. The van der Waals surface area contributed by atoms with E-state index in [1.807, 2.05) is 32.9 Å². The molecule has 1 amide bonds. The zero-order valence-electron chi connectivity index (χ0n) is 11.3. The van der Waals surface area contributed by atoms with Gasteiger partial charge in [-0.3, -0.25) is 9.78 Å². The van der Waals surface area contributed by atoms with Crippen molar-refractivity contribution < 1.29 is 4.79 Å². The van der Waals surface area contributed by atoms with E-state index in [4.69, 9.17) is 5.73 Å². The zero-order valence-corrected chi connectivity index (χ0v) is 11.3. The van der Waals surface area contributed by atoms with Crippen molar-refractivity contribution in [3.63, 3.8) is 0 Å². The van der Waals surface area contributed by atoms with Gasteiger partial charge in [-0.05, 0) is 49.6 Å². The molecule has 1 heterocycles. The highest BCUT2D eigenvalue weighted by atomic mass is 16.1. The summed E-state index contributed by atoms with van der Waals surface area (Å²) in [4.78, 5) is 16.3. The maximum absolute atomic E-state index is 12.2. The maximum atomic E-state index is 12.2. The van der Waals surface area contributed by atoms with Crippen LogP contribution in [0.5, 0.6) is 0 Å². The summed E-state index contributed by atoms with van der Waals surface area (Å²) in [5, 5.41) is 2.83. The van der Waals surface area contributed by atoms with Gasteiger partial charge in [0.2, 0.25) is 0 Å². The van der Waals surface area contributed by atoms with Gasteiger partial charge in [0.05, 0.1) is 11.9 Å². The Hall–Kier alpha value is -2.36. The number of pyridine rings is 1. The lowest BCUT2D eigenvalue weighted by Gasteiger charge is -2.10. The molecule has 0 aliphatic heterocycles. The first-order valence-electron chi connectivity index (χ1n) is 6.07. The Kier molecular flexibility index (Phi) is 3.51.